The molecule has 6 nitrogen and oxygen atoms in total. The van der Waals surface area contributed by atoms with Crippen molar-refractivity contribution >= 4 is 5.82 Å². The number of nitrogens with zero attached hydrogens (tertiary/aromatic N) is 3. The standard InChI is InChI=1S/C26H32N4O2/c1-17(2)23-14-20(18(3)13-21(23)16-28-24-7-5-6-12-27-24)15-25-29-30-26(32-25)19-8-10-22(31-4)11-9-19/h5-13,17,20-21,23H,14-16H2,1-4H3,(H,27,28). The number of ether oxygens (including phenoxy) is 1. The van der Waals surface area contributed by atoms with Gasteiger partial charge in [0.15, 0.2) is 0 Å². The molecular formula is C26H32N4O2. The SMILES string of the molecule is COc1ccc(-c2nnc(CC3CC(C(C)C)C(CNc4ccccn4)C=C3C)o2)cc1. The molecule has 3 unspecified atom stereocenters. The van der Waals surface area contributed by atoms with Crippen LogP contribution in [0.25, 0.3) is 11.5 Å². The van der Waals surface area contributed by atoms with Gasteiger partial charge in [0, 0.05) is 24.7 Å². The van der Waals surface area contributed by atoms with Gasteiger partial charge in [0.1, 0.15) is 11.6 Å². The molecule has 0 fully saturated rings. The molecule has 2 heterocycles. The van der Waals surface area contributed by atoms with E-state index in [1.807, 2.05) is 48.7 Å². The van der Waals surface area contributed by atoms with Gasteiger partial charge in [0.2, 0.25) is 11.8 Å². The van der Waals surface area contributed by atoms with E-state index < -0.39 is 0 Å². The normalized spacial score (nSPS) is 20.8. The number of allylic oxidation sites excluding steroid dienone is 1. The zero-order chi connectivity index (χ0) is 22.5. The van der Waals surface area contributed by atoms with E-state index in [0.29, 0.717) is 35.5 Å². The number of aromatic nitrogens is 3. The van der Waals surface area contributed by atoms with Crippen molar-refractivity contribution in [1.82, 2.24) is 15.2 Å². The molecule has 3 atom stereocenters. The van der Waals surface area contributed by atoms with Crippen molar-refractivity contribution in [2.45, 2.75) is 33.6 Å². The predicted octanol–water partition coefficient (Wildman–Crippen LogP) is 5.65. The second-order valence-corrected chi connectivity index (χ2v) is 8.94. The number of pyridine rings is 1. The lowest BCUT2D eigenvalue weighted by molar-refractivity contribution is 0.229. The van der Waals surface area contributed by atoms with Gasteiger partial charge in [0.25, 0.3) is 0 Å². The van der Waals surface area contributed by atoms with Gasteiger partial charge in [0.05, 0.1) is 7.11 Å². The highest BCUT2D eigenvalue weighted by molar-refractivity contribution is 5.53. The fraction of sp³-hybridized carbons (Fsp3) is 0.423. The smallest absolute Gasteiger partial charge is 0.247 e. The summed E-state index contributed by atoms with van der Waals surface area (Å²) in [6.45, 7) is 7.76. The van der Waals surface area contributed by atoms with Crippen LogP contribution in [0.5, 0.6) is 5.75 Å². The average Bonchev–Trinajstić information content (AvgIpc) is 3.28. The highest BCUT2D eigenvalue weighted by Crippen LogP contribution is 2.39. The largest absolute Gasteiger partial charge is 0.497 e. The Morgan fingerprint density at radius 2 is 1.94 bits per heavy atom. The maximum atomic E-state index is 6.01. The molecule has 0 bridgehead atoms. The molecule has 168 valence electrons. The zero-order valence-electron chi connectivity index (χ0n) is 19.3. The Labute approximate surface area is 190 Å². The molecule has 6 heteroatoms. The second-order valence-electron chi connectivity index (χ2n) is 8.94. The third-order valence-electron chi connectivity index (χ3n) is 6.49. The number of anilines is 1. The van der Waals surface area contributed by atoms with Crippen LogP contribution < -0.4 is 10.1 Å². The molecule has 32 heavy (non-hydrogen) atoms. The summed E-state index contributed by atoms with van der Waals surface area (Å²) in [7, 11) is 1.66. The topological polar surface area (TPSA) is 73.1 Å². The van der Waals surface area contributed by atoms with Crippen LogP contribution in [-0.2, 0) is 6.42 Å². The van der Waals surface area contributed by atoms with Gasteiger partial charge < -0.3 is 14.5 Å². The van der Waals surface area contributed by atoms with Crippen LogP contribution in [0.4, 0.5) is 5.82 Å². The quantitative estimate of drug-likeness (QED) is 0.464. The minimum absolute atomic E-state index is 0.415. The number of nitrogens with one attached hydrogen (secondary N) is 1. The Balaban J connectivity index is 1.44. The lowest BCUT2D eigenvalue weighted by Gasteiger charge is -2.37. The summed E-state index contributed by atoms with van der Waals surface area (Å²) in [6.07, 6.45) is 6.16. The van der Waals surface area contributed by atoms with Gasteiger partial charge in [-0.15, -0.1) is 10.2 Å². The fourth-order valence-electron chi connectivity index (χ4n) is 4.59. The van der Waals surface area contributed by atoms with Crippen LogP contribution in [0, 0.1) is 23.7 Å². The molecule has 2 aromatic heterocycles. The van der Waals surface area contributed by atoms with E-state index in [0.717, 1.165) is 36.5 Å². The van der Waals surface area contributed by atoms with E-state index in [1.165, 1.54) is 5.57 Å². The van der Waals surface area contributed by atoms with Gasteiger partial charge >= 0.3 is 0 Å². The first-order valence-electron chi connectivity index (χ1n) is 11.3. The van der Waals surface area contributed by atoms with Crippen molar-refractivity contribution in [1.29, 1.82) is 0 Å². The highest BCUT2D eigenvalue weighted by Gasteiger charge is 2.32. The van der Waals surface area contributed by atoms with Crippen molar-refractivity contribution in [2.24, 2.45) is 23.7 Å². The summed E-state index contributed by atoms with van der Waals surface area (Å²) in [4.78, 5) is 4.39. The molecule has 0 spiro atoms. The Morgan fingerprint density at radius 3 is 2.62 bits per heavy atom. The van der Waals surface area contributed by atoms with Gasteiger partial charge in [-0.2, -0.15) is 0 Å². The molecule has 0 amide bonds. The summed E-state index contributed by atoms with van der Waals surface area (Å²) >= 11 is 0. The summed E-state index contributed by atoms with van der Waals surface area (Å²) in [5, 5.41) is 12.1. The summed E-state index contributed by atoms with van der Waals surface area (Å²) in [6, 6.07) is 13.7. The molecule has 0 saturated heterocycles. The summed E-state index contributed by atoms with van der Waals surface area (Å²) in [5.74, 6) is 5.06. The number of hydrogen-bond donors (Lipinski definition) is 1. The van der Waals surface area contributed by atoms with Gasteiger partial charge in [-0.3, -0.25) is 0 Å². The van der Waals surface area contributed by atoms with E-state index in [-0.39, 0.29) is 0 Å². The lowest BCUT2D eigenvalue weighted by atomic mass is 9.70. The molecular weight excluding hydrogens is 400 g/mol. The summed E-state index contributed by atoms with van der Waals surface area (Å²) < 4.78 is 11.2. The van der Waals surface area contributed by atoms with E-state index in [4.69, 9.17) is 9.15 Å². The third kappa shape index (κ3) is 5.18. The van der Waals surface area contributed by atoms with Gasteiger partial charge in [-0.25, -0.2) is 4.98 Å². The van der Waals surface area contributed by atoms with Crippen molar-refractivity contribution < 1.29 is 9.15 Å². The van der Waals surface area contributed by atoms with Crippen LogP contribution in [-0.4, -0.2) is 28.8 Å². The molecule has 0 saturated carbocycles. The van der Waals surface area contributed by atoms with Crippen LogP contribution >= 0.6 is 0 Å². The first-order chi connectivity index (χ1) is 15.5. The van der Waals surface area contributed by atoms with Crippen LogP contribution in [0.3, 0.4) is 0 Å². The van der Waals surface area contributed by atoms with E-state index in [9.17, 15) is 0 Å². The molecule has 1 aromatic carbocycles. The maximum Gasteiger partial charge on any atom is 0.247 e. The van der Waals surface area contributed by atoms with Gasteiger partial charge in [-0.1, -0.05) is 31.6 Å². The predicted molar refractivity (Wildman–Crippen MR) is 126 cm³/mol. The van der Waals surface area contributed by atoms with E-state index in [1.54, 1.807) is 7.11 Å². The summed E-state index contributed by atoms with van der Waals surface area (Å²) in [5.41, 5.74) is 2.31. The Hall–Kier alpha value is -3.15. The molecule has 0 radical (unpaired) electrons. The molecule has 1 N–H and O–H groups in total. The van der Waals surface area contributed by atoms with Crippen LogP contribution in [0.15, 0.2) is 64.7 Å². The Kier molecular flexibility index (Phi) is 6.88. The monoisotopic (exact) mass is 432 g/mol. The first-order valence-corrected chi connectivity index (χ1v) is 11.3. The Morgan fingerprint density at radius 1 is 1.12 bits per heavy atom. The molecule has 1 aliphatic carbocycles. The molecule has 4 rings (SSSR count). The Bertz CT molecular complexity index is 1030. The first kappa shape index (κ1) is 22.1. The van der Waals surface area contributed by atoms with Crippen molar-refractivity contribution in [3.8, 4) is 17.2 Å². The van der Waals surface area contributed by atoms with Crippen molar-refractivity contribution in [2.75, 3.05) is 19.0 Å². The number of hydrogen-bond acceptors (Lipinski definition) is 6. The minimum Gasteiger partial charge on any atom is -0.497 e. The van der Waals surface area contributed by atoms with Crippen LogP contribution in [0.2, 0.25) is 0 Å². The maximum absolute atomic E-state index is 6.01. The second kappa shape index (κ2) is 9.98. The lowest BCUT2D eigenvalue weighted by Crippen LogP contribution is -2.32. The highest BCUT2D eigenvalue weighted by atomic mass is 16.5. The number of rotatable bonds is 8. The average molecular weight is 433 g/mol. The zero-order valence-corrected chi connectivity index (χ0v) is 19.3. The van der Waals surface area contributed by atoms with E-state index >= 15 is 0 Å². The molecule has 1 aliphatic rings. The minimum atomic E-state index is 0.415. The molecule has 0 aliphatic heterocycles. The van der Waals surface area contributed by atoms with Crippen molar-refractivity contribution in [3.63, 3.8) is 0 Å². The van der Waals surface area contributed by atoms with E-state index in [2.05, 4.69) is 47.3 Å². The number of benzene rings is 1. The van der Waals surface area contributed by atoms with Gasteiger partial charge in [-0.05, 0) is 73.4 Å². The fourth-order valence-corrected chi connectivity index (χ4v) is 4.59. The number of methoxy groups -OCH3 is 1. The molecule has 3 aromatic rings. The third-order valence-corrected chi connectivity index (χ3v) is 6.49. The van der Waals surface area contributed by atoms with Crippen molar-refractivity contribution in [3.05, 3.63) is 66.2 Å². The van der Waals surface area contributed by atoms with Crippen LogP contribution in [0.1, 0.15) is 33.1 Å².